The number of methoxy groups -OCH3 is 1. The number of anilines is 2. The molecule has 5 heterocycles. The van der Waals surface area contributed by atoms with Crippen LogP contribution < -0.4 is 15.0 Å². The molecule has 1 aromatic heterocycles. The number of aromatic hydroxyl groups is 3. The summed E-state index contributed by atoms with van der Waals surface area (Å²) in [6, 6.07) is 3.85. The summed E-state index contributed by atoms with van der Waals surface area (Å²) in [5, 5.41) is 61.4. The van der Waals surface area contributed by atoms with E-state index >= 15 is 0 Å². The number of ether oxygens (including phenoxy) is 4. The lowest BCUT2D eigenvalue weighted by molar-refractivity contribution is -0.160. The zero-order valence-electron chi connectivity index (χ0n) is 37.3. The zero-order chi connectivity index (χ0) is 46.1. The number of phenols is 3. The number of esters is 1. The Morgan fingerprint density at radius 2 is 1.59 bits per heavy atom. The molecule has 0 unspecified atom stereocenters. The maximum absolute atomic E-state index is 14.6. The standard InChI is InChI=1S/C47H60N4O12/c1-24-11-10-12-25(2)46(59)49-37-32(23-50-18-20-51(21-19-50)31-13-16-48-17-14-31)41(56)34-35(42(37)57)40(55)29(6)44-36(34)45(58)47(8,63-44)61-22-15-33(60-9)26(3)43(62-30(7)52)28(5)39(54)27(4)38(24)53/h10-17,22,24,26-28,33,38-39,43,53-57H,18-21,23H2,1-9H3,(H,49,59)/b11-10+,22-15+,25-12-/t24-,26+,27+,28+,33-,38-,39+,43+,47-/m0/s1. The predicted octanol–water partition coefficient (Wildman–Crippen LogP) is 5.47. The molecule has 1 fully saturated rings. The monoisotopic (exact) mass is 872 g/mol. The second-order valence-electron chi connectivity index (χ2n) is 17.2. The van der Waals surface area contributed by atoms with E-state index in [0.29, 0.717) is 26.2 Å². The van der Waals surface area contributed by atoms with Gasteiger partial charge < -0.3 is 54.7 Å². The van der Waals surface area contributed by atoms with Gasteiger partial charge in [0.05, 0.1) is 41.2 Å². The zero-order valence-corrected chi connectivity index (χ0v) is 37.3. The third kappa shape index (κ3) is 9.21. The molecule has 16 heteroatoms. The number of rotatable bonds is 5. The van der Waals surface area contributed by atoms with Gasteiger partial charge in [-0.1, -0.05) is 45.9 Å². The Hall–Kier alpha value is -5.68. The summed E-state index contributed by atoms with van der Waals surface area (Å²) >= 11 is 0. The van der Waals surface area contributed by atoms with Crippen LogP contribution in [0, 0.1) is 30.6 Å². The number of piperazine rings is 1. The van der Waals surface area contributed by atoms with Crippen LogP contribution in [-0.4, -0.2) is 117 Å². The van der Waals surface area contributed by atoms with Gasteiger partial charge in [0.2, 0.25) is 0 Å². The largest absolute Gasteiger partial charge is 0.507 e. The van der Waals surface area contributed by atoms with Crippen molar-refractivity contribution in [1.82, 2.24) is 9.88 Å². The maximum atomic E-state index is 14.6. The van der Waals surface area contributed by atoms with E-state index in [2.05, 4.69) is 15.2 Å². The van der Waals surface area contributed by atoms with Crippen molar-refractivity contribution in [1.29, 1.82) is 0 Å². The van der Waals surface area contributed by atoms with Gasteiger partial charge in [-0.3, -0.25) is 24.3 Å². The quantitative estimate of drug-likeness (QED) is 0.106. The summed E-state index contributed by atoms with van der Waals surface area (Å²) in [7, 11) is 1.44. The van der Waals surface area contributed by atoms with Crippen LogP contribution in [0.3, 0.4) is 0 Å². The van der Waals surface area contributed by atoms with E-state index in [4.69, 9.17) is 18.9 Å². The number of pyridine rings is 1. The van der Waals surface area contributed by atoms with E-state index < -0.39 is 88.8 Å². The first-order chi connectivity index (χ1) is 29.8. The molecule has 2 aromatic carbocycles. The Morgan fingerprint density at radius 3 is 2.22 bits per heavy atom. The average Bonchev–Trinajstić information content (AvgIpc) is 3.53. The second kappa shape index (κ2) is 19.0. The van der Waals surface area contributed by atoms with Gasteiger partial charge in [-0.15, -0.1) is 0 Å². The summed E-state index contributed by atoms with van der Waals surface area (Å²) in [5.74, 6) is -8.02. The van der Waals surface area contributed by atoms with Crippen molar-refractivity contribution in [3.63, 3.8) is 0 Å². The number of aliphatic hydroxyl groups is 2. The number of carbonyl (C=O) groups is 3. The number of hydrogen-bond acceptors (Lipinski definition) is 15. The number of amides is 1. The summed E-state index contributed by atoms with van der Waals surface area (Å²) in [5.41, 5.74) is 1.10. The fraction of sp³-hybridized carbons (Fsp3) is 0.489. The highest BCUT2D eigenvalue weighted by atomic mass is 16.7. The van der Waals surface area contributed by atoms with Crippen molar-refractivity contribution in [2.24, 2.45) is 23.7 Å². The van der Waals surface area contributed by atoms with E-state index in [9.17, 15) is 39.9 Å². The molecule has 1 saturated heterocycles. The fourth-order valence-corrected chi connectivity index (χ4v) is 8.88. The molecule has 9 atom stereocenters. The molecule has 63 heavy (non-hydrogen) atoms. The molecule has 4 aliphatic rings. The average molecular weight is 873 g/mol. The van der Waals surface area contributed by atoms with Gasteiger partial charge in [-0.2, -0.15) is 0 Å². The fourth-order valence-electron chi connectivity index (χ4n) is 8.88. The Labute approximate surface area is 367 Å². The number of allylic oxidation sites excluding steroid dienone is 2. The van der Waals surface area contributed by atoms with Crippen molar-refractivity contribution in [3.8, 4) is 23.0 Å². The first kappa shape index (κ1) is 46.8. The first-order valence-electron chi connectivity index (χ1n) is 21.2. The topological polar surface area (TPSA) is 221 Å². The molecule has 4 aliphatic heterocycles. The van der Waals surface area contributed by atoms with Gasteiger partial charge in [0.15, 0.2) is 5.75 Å². The first-order valence-corrected chi connectivity index (χ1v) is 21.2. The van der Waals surface area contributed by atoms with Crippen LogP contribution in [0.4, 0.5) is 11.4 Å². The lowest BCUT2D eigenvalue weighted by Gasteiger charge is -2.38. The predicted molar refractivity (Wildman–Crippen MR) is 236 cm³/mol. The highest BCUT2D eigenvalue weighted by molar-refractivity contribution is 6.22. The third-order valence-corrected chi connectivity index (χ3v) is 12.9. The summed E-state index contributed by atoms with van der Waals surface area (Å²) < 4.78 is 23.8. The minimum absolute atomic E-state index is 0.0374. The summed E-state index contributed by atoms with van der Waals surface area (Å²) in [6.07, 6.45) is 7.12. The molecule has 0 spiro atoms. The van der Waals surface area contributed by atoms with Gasteiger partial charge in [0.25, 0.3) is 11.7 Å². The van der Waals surface area contributed by atoms with Gasteiger partial charge in [-0.05, 0) is 32.1 Å². The van der Waals surface area contributed by atoms with Crippen LogP contribution in [0.15, 0.2) is 60.7 Å². The molecular formula is C47H60N4O12. The number of hydrogen-bond donors (Lipinski definition) is 6. The van der Waals surface area contributed by atoms with Gasteiger partial charge in [0, 0.05) is 118 Å². The highest BCUT2D eigenvalue weighted by Gasteiger charge is 2.50. The number of benzene rings is 2. The van der Waals surface area contributed by atoms with Crippen LogP contribution in [0.2, 0.25) is 0 Å². The molecule has 6 N–H and O–H groups in total. The number of Topliss-reactive ketones (excluding diaryl/α,β-unsaturated/α-hetero) is 1. The number of nitrogens with one attached hydrogen (secondary N) is 1. The van der Waals surface area contributed by atoms with Crippen molar-refractivity contribution >= 4 is 39.8 Å². The number of aliphatic hydroxyl groups excluding tert-OH is 2. The van der Waals surface area contributed by atoms with Crippen LogP contribution in [0.25, 0.3) is 10.8 Å². The number of nitrogens with zero attached hydrogens (tertiary/aromatic N) is 3. The molecular weight excluding hydrogens is 813 g/mol. The Bertz CT molecular complexity index is 2310. The van der Waals surface area contributed by atoms with E-state index in [1.54, 1.807) is 59.2 Å². The minimum Gasteiger partial charge on any atom is -0.507 e. The molecule has 0 radical (unpaired) electrons. The third-order valence-electron chi connectivity index (χ3n) is 12.9. The molecule has 5 bridgehead atoms. The molecule has 0 saturated carbocycles. The lowest BCUT2D eigenvalue weighted by Crippen LogP contribution is -2.46. The van der Waals surface area contributed by atoms with Crippen LogP contribution in [0.1, 0.15) is 70.0 Å². The smallest absolute Gasteiger partial charge is 0.312 e. The number of ketones is 1. The van der Waals surface area contributed by atoms with Crippen molar-refractivity contribution in [3.05, 3.63) is 77.4 Å². The van der Waals surface area contributed by atoms with Crippen LogP contribution >= 0.6 is 0 Å². The van der Waals surface area contributed by atoms with E-state index in [1.807, 2.05) is 17.0 Å². The number of phenolic OH excluding ortho intramolecular Hbond substituents is 3. The van der Waals surface area contributed by atoms with E-state index in [1.165, 1.54) is 46.3 Å². The molecule has 3 aromatic rings. The molecule has 340 valence electrons. The highest BCUT2D eigenvalue weighted by Crippen LogP contribution is 2.55. The Morgan fingerprint density at radius 1 is 0.921 bits per heavy atom. The Balaban J connectivity index is 1.48. The van der Waals surface area contributed by atoms with E-state index in [0.717, 1.165) is 5.69 Å². The molecule has 1 amide bonds. The SMILES string of the molecule is CO[C@H]1/C=C/O[C@@]2(C)Oc3c(C)c(O)c4c(O)c(c(CN5CCN(c6ccncc6)CC5)c(O)c4c3C2=O)NC(=O)/C(C)=C\C=C\[C@H](C)[C@H](O)[C@@H](C)[C@@H](O)[C@@H](C)[C@H](OC(C)=O)[C@@H]1C. The normalized spacial score (nSPS) is 30.6. The van der Waals surface area contributed by atoms with Gasteiger partial charge in [-0.25, -0.2) is 0 Å². The molecule has 16 nitrogen and oxygen atoms in total. The summed E-state index contributed by atoms with van der Waals surface area (Å²) in [6.45, 7) is 15.0. The van der Waals surface area contributed by atoms with Gasteiger partial charge in [0.1, 0.15) is 23.4 Å². The van der Waals surface area contributed by atoms with Gasteiger partial charge >= 0.3 is 11.8 Å². The second-order valence-corrected chi connectivity index (χ2v) is 17.2. The van der Waals surface area contributed by atoms with Crippen LogP contribution in [-0.2, 0) is 30.3 Å². The minimum atomic E-state index is -2.03. The molecule has 0 aliphatic carbocycles. The molecule has 7 rings (SSSR count). The van der Waals surface area contributed by atoms with E-state index in [-0.39, 0.29) is 51.0 Å². The number of aromatic nitrogens is 1. The van der Waals surface area contributed by atoms with Crippen molar-refractivity contribution in [2.45, 2.75) is 92.1 Å². The van der Waals surface area contributed by atoms with Crippen molar-refractivity contribution in [2.75, 3.05) is 43.5 Å². The summed E-state index contributed by atoms with van der Waals surface area (Å²) in [4.78, 5) is 49.2. The van der Waals surface area contributed by atoms with Crippen LogP contribution in [0.5, 0.6) is 23.0 Å². The maximum Gasteiger partial charge on any atom is 0.312 e. The number of carbonyl (C=O) groups excluding carboxylic acids is 3. The Kier molecular flexibility index (Phi) is 14.1. The lowest BCUT2D eigenvalue weighted by atomic mass is 9.78. The number of fused-ring (bicyclic) bond motifs is 14. The van der Waals surface area contributed by atoms with Crippen molar-refractivity contribution < 1.29 is 58.9 Å².